The molecule has 0 aliphatic carbocycles. The monoisotopic (exact) mass is 431 g/mol. The summed E-state index contributed by atoms with van der Waals surface area (Å²) in [4.78, 5) is 36.1. The van der Waals surface area contributed by atoms with Gasteiger partial charge in [-0.1, -0.05) is 11.6 Å². The molecule has 2 atom stereocenters. The largest absolute Gasteiger partial charge is 0.499 e. The van der Waals surface area contributed by atoms with Crippen LogP contribution in [-0.2, 0) is 9.47 Å². The van der Waals surface area contributed by atoms with Gasteiger partial charge in [-0.25, -0.2) is 4.79 Å². The topological polar surface area (TPSA) is 140 Å². The maximum Gasteiger partial charge on any atom is 0.411 e. The second-order valence-corrected chi connectivity index (χ2v) is 6.69. The molecule has 1 heterocycles. The van der Waals surface area contributed by atoms with Gasteiger partial charge in [0.1, 0.15) is 0 Å². The van der Waals surface area contributed by atoms with Crippen LogP contribution in [0, 0.1) is 10.1 Å². The lowest BCUT2D eigenvalue weighted by atomic mass is 10.1. The number of benzene rings is 1. The van der Waals surface area contributed by atoms with Crippen molar-refractivity contribution in [2.75, 3.05) is 32.8 Å². The number of nitro groups is 1. The highest BCUT2D eigenvalue weighted by molar-refractivity contribution is 6.19. The fraction of sp³-hybridized carbons (Fsp3) is 0.529. The predicted molar refractivity (Wildman–Crippen MR) is 101 cm³/mol. The number of aromatic hydroxyl groups is 1. The van der Waals surface area contributed by atoms with Gasteiger partial charge in [0.05, 0.1) is 36.3 Å². The van der Waals surface area contributed by atoms with Crippen LogP contribution in [0.4, 0.5) is 10.5 Å². The lowest BCUT2D eigenvalue weighted by molar-refractivity contribution is -0.386. The molecule has 0 spiro atoms. The molecule has 12 heteroatoms. The Morgan fingerprint density at radius 1 is 1.52 bits per heavy atom. The fourth-order valence-corrected chi connectivity index (χ4v) is 2.78. The van der Waals surface area contributed by atoms with E-state index in [-0.39, 0.29) is 37.6 Å². The number of alkyl halides is 1. The van der Waals surface area contributed by atoms with Gasteiger partial charge in [-0.2, -0.15) is 0 Å². The Kier molecular flexibility index (Phi) is 7.85. The van der Waals surface area contributed by atoms with Crippen molar-refractivity contribution in [3.8, 4) is 11.5 Å². The van der Waals surface area contributed by atoms with Crippen molar-refractivity contribution < 1.29 is 33.8 Å². The van der Waals surface area contributed by atoms with Crippen molar-refractivity contribution in [2.24, 2.45) is 0 Å². The normalized spacial score (nSPS) is 17.3. The van der Waals surface area contributed by atoms with Crippen LogP contribution in [-0.4, -0.2) is 71.4 Å². The quantitative estimate of drug-likeness (QED) is 0.378. The van der Waals surface area contributed by atoms with Crippen LogP contribution in [0.1, 0.15) is 24.2 Å². The molecule has 2 amide bonds. The number of nitrogens with one attached hydrogen (secondary N) is 1. The molecule has 0 saturated carbocycles. The third-order valence-electron chi connectivity index (χ3n) is 3.99. The average molecular weight is 432 g/mol. The lowest BCUT2D eigenvalue weighted by Crippen LogP contribution is -2.50. The smallest absolute Gasteiger partial charge is 0.411 e. The molecule has 2 unspecified atom stereocenters. The van der Waals surface area contributed by atoms with Crippen molar-refractivity contribution in [1.29, 1.82) is 0 Å². The van der Waals surface area contributed by atoms with Crippen molar-refractivity contribution in [3.63, 3.8) is 0 Å². The van der Waals surface area contributed by atoms with Crippen molar-refractivity contribution in [1.82, 2.24) is 10.2 Å². The van der Waals surface area contributed by atoms with Gasteiger partial charge in [0.25, 0.3) is 5.91 Å². The Morgan fingerprint density at radius 2 is 2.24 bits per heavy atom. The van der Waals surface area contributed by atoms with E-state index in [0.717, 1.165) is 6.07 Å². The van der Waals surface area contributed by atoms with Crippen LogP contribution in [0.2, 0.25) is 0 Å². The van der Waals surface area contributed by atoms with Gasteiger partial charge in [-0.05, 0) is 19.9 Å². The van der Waals surface area contributed by atoms with E-state index >= 15 is 0 Å². The molecule has 11 nitrogen and oxygen atoms in total. The Morgan fingerprint density at radius 3 is 2.86 bits per heavy atom. The van der Waals surface area contributed by atoms with Crippen LogP contribution in [0.15, 0.2) is 12.1 Å². The van der Waals surface area contributed by atoms with Crippen molar-refractivity contribution in [3.05, 3.63) is 27.8 Å². The van der Waals surface area contributed by atoms with Crippen LogP contribution in [0.5, 0.6) is 11.5 Å². The molecule has 2 N–H and O–H groups in total. The van der Waals surface area contributed by atoms with Gasteiger partial charge in [0, 0.05) is 19.2 Å². The summed E-state index contributed by atoms with van der Waals surface area (Å²) in [5.41, 5.74) is -1.39. The van der Waals surface area contributed by atoms with Gasteiger partial charge < -0.3 is 29.5 Å². The molecule has 29 heavy (non-hydrogen) atoms. The van der Waals surface area contributed by atoms with E-state index in [4.69, 9.17) is 25.8 Å². The van der Waals surface area contributed by atoms with E-state index in [1.807, 2.05) is 0 Å². The summed E-state index contributed by atoms with van der Waals surface area (Å²) in [7, 11) is 0. The van der Waals surface area contributed by atoms with E-state index in [1.54, 1.807) is 6.92 Å². The van der Waals surface area contributed by atoms with Gasteiger partial charge in [0.2, 0.25) is 5.75 Å². The molecule has 1 fully saturated rings. The standard InChI is InChI=1S/C17H22ClN3O8/c1-3-27-15-12(4-5-13(14(15)22)21(25)26)16(23)19-8-11-9-20(6-7-28-11)17(24)29-10(2)18/h4-5,10-11,22H,3,6-9H2,1-2H3,(H,19,23). The third kappa shape index (κ3) is 5.84. The van der Waals surface area contributed by atoms with Gasteiger partial charge in [-0.15, -0.1) is 0 Å². The van der Waals surface area contributed by atoms with Gasteiger partial charge >= 0.3 is 11.8 Å². The Balaban J connectivity index is 2.04. The van der Waals surface area contributed by atoms with Gasteiger partial charge in [0.15, 0.2) is 11.3 Å². The summed E-state index contributed by atoms with van der Waals surface area (Å²) in [5.74, 6) is -1.61. The number of morpholine rings is 1. The van der Waals surface area contributed by atoms with E-state index in [9.17, 15) is 24.8 Å². The molecule has 1 saturated heterocycles. The minimum Gasteiger partial charge on any atom is -0.499 e. The molecule has 1 aliphatic rings. The zero-order valence-electron chi connectivity index (χ0n) is 15.9. The average Bonchev–Trinajstić information content (AvgIpc) is 2.67. The first kappa shape index (κ1) is 22.5. The summed E-state index contributed by atoms with van der Waals surface area (Å²) in [6.07, 6.45) is -1.07. The van der Waals surface area contributed by atoms with E-state index in [1.165, 1.54) is 17.9 Å². The first-order valence-corrected chi connectivity index (χ1v) is 9.30. The summed E-state index contributed by atoms with van der Waals surface area (Å²) < 4.78 is 15.7. The minimum atomic E-state index is -0.773. The van der Waals surface area contributed by atoms with E-state index in [2.05, 4.69) is 5.32 Å². The number of nitrogens with zero attached hydrogens (tertiary/aromatic N) is 2. The number of carbonyl (C=O) groups is 2. The number of hydrogen-bond donors (Lipinski definition) is 2. The number of nitro benzene ring substituents is 1. The summed E-state index contributed by atoms with van der Waals surface area (Å²) in [5, 5.41) is 23.6. The molecule has 1 aliphatic heterocycles. The zero-order chi connectivity index (χ0) is 21.6. The number of amides is 2. The first-order chi connectivity index (χ1) is 13.7. The van der Waals surface area contributed by atoms with Crippen molar-refractivity contribution in [2.45, 2.75) is 25.5 Å². The number of halogens is 1. The molecule has 0 bridgehead atoms. The Labute approximate surface area is 171 Å². The highest BCUT2D eigenvalue weighted by atomic mass is 35.5. The SMILES string of the molecule is CCOc1c(C(=O)NCC2CN(C(=O)OC(C)Cl)CCO2)ccc([N+](=O)[O-])c1O. The zero-order valence-corrected chi connectivity index (χ0v) is 16.7. The van der Waals surface area contributed by atoms with Crippen LogP contribution < -0.4 is 10.1 Å². The number of carbonyl (C=O) groups excluding carboxylic acids is 2. The van der Waals surface area contributed by atoms with Crippen molar-refractivity contribution >= 4 is 29.3 Å². The van der Waals surface area contributed by atoms with Crippen LogP contribution >= 0.6 is 11.6 Å². The number of hydrogen-bond acceptors (Lipinski definition) is 8. The molecular formula is C17H22ClN3O8. The molecule has 1 aromatic carbocycles. The maximum atomic E-state index is 12.5. The molecule has 1 aromatic rings. The second kappa shape index (κ2) is 10.1. The van der Waals surface area contributed by atoms with E-state index < -0.39 is 40.0 Å². The number of phenolic OH excluding ortho intramolecular Hbond substituents is 1. The molecular weight excluding hydrogens is 410 g/mol. The number of rotatable bonds is 7. The second-order valence-electron chi connectivity index (χ2n) is 6.08. The molecule has 0 radical (unpaired) electrons. The predicted octanol–water partition coefficient (Wildman–Crippen LogP) is 1.85. The fourth-order valence-electron chi connectivity index (χ4n) is 2.70. The van der Waals surface area contributed by atoms with Crippen LogP contribution in [0.25, 0.3) is 0 Å². The first-order valence-electron chi connectivity index (χ1n) is 8.87. The summed E-state index contributed by atoms with van der Waals surface area (Å²) in [6.45, 7) is 4.07. The Hall–Kier alpha value is -2.79. The third-order valence-corrected chi connectivity index (χ3v) is 4.08. The summed E-state index contributed by atoms with van der Waals surface area (Å²) in [6, 6.07) is 2.22. The molecule has 0 aromatic heterocycles. The lowest BCUT2D eigenvalue weighted by Gasteiger charge is -2.32. The molecule has 160 valence electrons. The number of phenols is 1. The molecule has 2 rings (SSSR count). The Bertz CT molecular complexity index is 773. The number of ether oxygens (including phenoxy) is 3. The van der Waals surface area contributed by atoms with E-state index in [0.29, 0.717) is 6.54 Å². The highest BCUT2D eigenvalue weighted by Gasteiger charge is 2.28. The minimum absolute atomic E-state index is 0.0574. The maximum absolute atomic E-state index is 12.5. The van der Waals surface area contributed by atoms with Crippen LogP contribution in [0.3, 0.4) is 0 Å². The summed E-state index contributed by atoms with van der Waals surface area (Å²) >= 11 is 5.65. The highest BCUT2D eigenvalue weighted by Crippen LogP contribution is 2.38. The van der Waals surface area contributed by atoms with Gasteiger partial charge in [-0.3, -0.25) is 14.9 Å².